The summed E-state index contributed by atoms with van der Waals surface area (Å²) in [6.07, 6.45) is 4.42. The predicted molar refractivity (Wildman–Crippen MR) is 135 cm³/mol. The minimum absolute atomic E-state index is 0. The van der Waals surface area contributed by atoms with Crippen LogP contribution in [0.4, 0.5) is 0 Å². The van der Waals surface area contributed by atoms with Crippen LogP contribution < -0.4 is 10.6 Å². The molecule has 0 radical (unpaired) electrons. The van der Waals surface area contributed by atoms with E-state index in [4.69, 9.17) is 4.74 Å². The number of thiazole rings is 1. The van der Waals surface area contributed by atoms with Gasteiger partial charge in [0.25, 0.3) is 0 Å². The molecule has 1 atom stereocenters. The summed E-state index contributed by atoms with van der Waals surface area (Å²) >= 11 is 1.33. The highest BCUT2D eigenvalue weighted by Gasteiger charge is 2.21. The van der Waals surface area contributed by atoms with Gasteiger partial charge in [0.1, 0.15) is 15.6 Å². The molecule has 0 fully saturated rings. The molecule has 3 rings (SSSR count). The highest BCUT2D eigenvalue weighted by Crippen LogP contribution is 2.30. The van der Waals surface area contributed by atoms with Crippen molar-refractivity contribution < 1.29 is 14.6 Å². The van der Waals surface area contributed by atoms with Crippen LogP contribution in [-0.2, 0) is 24.1 Å². The van der Waals surface area contributed by atoms with Crippen molar-refractivity contribution in [1.29, 1.82) is 0 Å². The van der Waals surface area contributed by atoms with E-state index in [0.29, 0.717) is 35.4 Å². The van der Waals surface area contributed by atoms with Crippen LogP contribution in [0, 0.1) is 6.92 Å². The predicted octanol–water partition coefficient (Wildman–Crippen LogP) is 4.26. The Balaban J connectivity index is 0.00000341. The fraction of sp³-hybridized carbons (Fsp3) is 0.500. The van der Waals surface area contributed by atoms with Crippen molar-refractivity contribution in [3.8, 4) is 5.75 Å². The summed E-state index contributed by atoms with van der Waals surface area (Å²) in [5.41, 5.74) is 4.20. The smallest absolute Gasteiger partial charge is 0.350 e. The summed E-state index contributed by atoms with van der Waals surface area (Å²) in [5.74, 6) is 0.597. The molecule has 1 aromatic carbocycles. The Morgan fingerprint density at radius 2 is 2.10 bits per heavy atom. The molecule has 9 heteroatoms. The molecular formula is C22H31IN4O3S. The molecule has 1 heterocycles. The Bertz CT molecular complexity index is 945. The molecular weight excluding hydrogens is 527 g/mol. The van der Waals surface area contributed by atoms with Gasteiger partial charge in [0.05, 0.1) is 18.3 Å². The first-order valence-electron chi connectivity index (χ1n) is 10.4. The van der Waals surface area contributed by atoms with E-state index < -0.39 is 0 Å². The topological polar surface area (TPSA) is 95.8 Å². The second kappa shape index (κ2) is 11.7. The SMILES string of the molecule is CCOC(=O)c1sc(C(C)NC(=NC)NCc2c(O)ccc3c2CCCC3)nc1C.I. The summed E-state index contributed by atoms with van der Waals surface area (Å²) in [6, 6.07) is 3.69. The van der Waals surface area contributed by atoms with Crippen LogP contribution in [0.5, 0.6) is 5.75 Å². The largest absolute Gasteiger partial charge is 0.508 e. The number of phenols is 1. The average molecular weight is 558 g/mol. The molecule has 3 N–H and O–H groups in total. The molecule has 0 saturated carbocycles. The molecule has 1 unspecified atom stereocenters. The number of aromatic hydroxyl groups is 1. The summed E-state index contributed by atoms with van der Waals surface area (Å²) in [6.45, 7) is 6.41. The Morgan fingerprint density at radius 1 is 1.35 bits per heavy atom. The number of benzene rings is 1. The van der Waals surface area contributed by atoms with E-state index in [1.54, 1.807) is 20.0 Å². The zero-order valence-electron chi connectivity index (χ0n) is 18.4. The molecule has 170 valence electrons. The Labute approximate surface area is 204 Å². The third-order valence-electron chi connectivity index (χ3n) is 5.28. The zero-order chi connectivity index (χ0) is 21.7. The first kappa shape index (κ1) is 25.4. The molecule has 0 aliphatic heterocycles. The van der Waals surface area contributed by atoms with Crippen molar-refractivity contribution in [2.24, 2.45) is 4.99 Å². The van der Waals surface area contributed by atoms with E-state index in [2.05, 4.69) is 20.6 Å². The lowest BCUT2D eigenvalue weighted by Crippen LogP contribution is -2.38. The second-order valence-electron chi connectivity index (χ2n) is 7.39. The molecule has 7 nitrogen and oxygen atoms in total. The standard InChI is InChI=1S/C22H30N4O3S.HI/c1-5-29-21(28)19-13(2)25-20(30-19)14(3)26-22(23-4)24-12-17-16-9-7-6-8-15(16)10-11-18(17)27;/h10-11,14,27H,5-9,12H2,1-4H3,(H2,23,24,26);1H. The van der Waals surface area contributed by atoms with Gasteiger partial charge in [-0.2, -0.15) is 0 Å². The number of halogens is 1. The number of hydrogen-bond acceptors (Lipinski definition) is 6. The molecule has 1 aliphatic carbocycles. The van der Waals surface area contributed by atoms with Crippen LogP contribution in [0.15, 0.2) is 17.1 Å². The van der Waals surface area contributed by atoms with Gasteiger partial charge in [-0.05, 0) is 63.6 Å². The van der Waals surface area contributed by atoms with Gasteiger partial charge in [-0.25, -0.2) is 9.78 Å². The third kappa shape index (κ3) is 6.09. The van der Waals surface area contributed by atoms with Crippen molar-refractivity contribution in [3.63, 3.8) is 0 Å². The quantitative estimate of drug-likeness (QED) is 0.212. The number of hydrogen-bond donors (Lipinski definition) is 3. The first-order chi connectivity index (χ1) is 14.4. The number of aryl methyl sites for hydroxylation is 2. The molecule has 2 aromatic rings. The lowest BCUT2D eigenvalue weighted by molar-refractivity contribution is 0.0531. The Hall–Kier alpha value is -1.88. The number of esters is 1. The van der Waals surface area contributed by atoms with E-state index in [1.807, 2.05) is 19.9 Å². The number of rotatable bonds is 6. The van der Waals surface area contributed by atoms with Gasteiger partial charge in [-0.3, -0.25) is 4.99 Å². The maximum atomic E-state index is 12.1. The van der Waals surface area contributed by atoms with Gasteiger partial charge in [0.15, 0.2) is 5.96 Å². The van der Waals surface area contributed by atoms with Crippen LogP contribution in [0.1, 0.15) is 69.8 Å². The van der Waals surface area contributed by atoms with E-state index in [9.17, 15) is 9.90 Å². The van der Waals surface area contributed by atoms with E-state index in [0.717, 1.165) is 29.8 Å². The number of nitrogens with one attached hydrogen (secondary N) is 2. The van der Waals surface area contributed by atoms with Gasteiger partial charge in [0.2, 0.25) is 0 Å². The third-order valence-corrected chi connectivity index (χ3v) is 6.60. The number of carbonyl (C=O) groups excluding carboxylic acids is 1. The molecule has 31 heavy (non-hydrogen) atoms. The Morgan fingerprint density at radius 3 is 2.81 bits per heavy atom. The number of ether oxygens (including phenoxy) is 1. The average Bonchev–Trinajstić information content (AvgIpc) is 3.14. The summed E-state index contributed by atoms with van der Waals surface area (Å²) in [7, 11) is 1.71. The summed E-state index contributed by atoms with van der Waals surface area (Å²) in [5, 5.41) is 17.8. The van der Waals surface area contributed by atoms with E-state index in [-0.39, 0.29) is 36.0 Å². The zero-order valence-corrected chi connectivity index (χ0v) is 21.6. The van der Waals surface area contributed by atoms with Crippen LogP contribution in [0.2, 0.25) is 0 Å². The molecule has 1 aliphatic rings. The van der Waals surface area contributed by atoms with Gasteiger partial charge in [-0.1, -0.05) is 6.07 Å². The van der Waals surface area contributed by atoms with Crippen molar-refractivity contribution >= 4 is 47.2 Å². The number of aromatic nitrogens is 1. The highest BCUT2D eigenvalue weighted by molar-refractivity contribution is 14.0. The van der Waals surface area contributed by atoms with E-state index >= 15 is 0 Å². The number of guanidine groups is 1. The van der Waals surface area contributed by atoms with Crippen molar-refractivity contribution in [2.45, 2.75) is 59.0 Å². The van der Waals surface area contributed by atoms with Gasteiger partial charge < -0.3 is 20.5 Å². The molecule has 1 aromatic heterocycles. The first-order valence-corrected chi connectivity index (χ1v) is 11.2. The lowest BCUT2D eigenvalue weighted by atomic mass is 9.88. The summed E-state index contributed by atoms with van der Waals surface area (Å²) < 4.78 is 5.10. The van der Waals surface area contributed by atoms with Crippen LogP contribution >= 0.6 is 35.3 Å². The van der Waals surface area contributed by atoms with Gasteiger partial charge in [-0.15, -0.1) is 35.3 Å². The number of phenolic OH excluding ortho intramolecular Hbond substituents is 1. The summed E-state index contributed by atoms with van der Waals surface area (Å²) in [4.78, 5) is 21.4. The van der Waals surface area contributed by atoms with Crippen LogP contribution in [-0.4, -0.2) is 35.7 Å². The van der Waals surface area contributed by atoms with E-state index in [1.165, 1.54) is 28.9 Å². The normalized spacial score (nSPS) is 14.3. The van der Waals surface area contributed by atoms with Gasteiger partial charge in [0, 0.05) is 19.2 Å². The molecule has 0 saturated heterocycles. The second-order valence-corrected chi connectivity index (χ2v) is 8.42. The van der Waals surface area contributed by atoms with Crippen molar-refractivity contribution in [1.82, 2.24) is 15.6 Å². The number of carbonyl (C=O) groups is 1. The monoisotopic (exact) mass is 558 g/mol. The van der Waals surface area contributed by atoms with Gasteiger partial charge >= 0.3 is 5.97 Å². The highest BCUT2D eigenvalue weighted by atomic mass is 127. The minimum Gasteiger partial charge on any atom is -0.508 e. The van der Waals surface area contributed by atoms with Crippen LogP contribution in [0.25, 0.3) is 0 Å². The number of aliphatic imine (C=N–C) groups is 1. The maximum Gasteiger partial charge on any atom is 0.350 e. The fourth-order valence-electron chi connectivity index (χ4n) is 3.71. The minimum atomic E-state index is -0.335. The fourth-order valence-corrected chi connectivity index (χ4v) is 4.67. The maximum absolute atomic E-state index is 12.1. The number of fused-ring (bicyclic) bond motifs is 1. The lowest BCUT2D eigenvalue weighted by Gasteiger charge is -2.22. The molecule has 0 amide bonds. The number of nitrogens with zero attached hydrogens (tertiary/aromatic N) is 2. The molecule has 0 spiro atoms. The van der Waals surface area contributed by atoms with Crippen molar-refractivity contribution in [2.75, 3.05) is 13.7 Å². The van der Waals surface area contributed by atoms with Crippen molar-refractivity contribution in [3.05, 3.63) is 44.4 Å². The molecule has 0 bridgehead atoms. The Kier molecular flexibility index (Phi) is 9.54. The van der Waals surface area contributed by atoms with Crippen LogP contribution in [0.3, 0.4) is 0 Å².